The van der Waals surface area contributed by atoms with Crippen molar-refractivity contribution in [2.24, 2.45) is 0 Å². The van der Waals surface area contributed by atoms with Gasteiger partial charge in [0, 0.05) is 32.6 Å². The van der Waals surface area contributed by atoms with Crippen molar-refractivity contribution in [3.8, 4) is 5.75 Å². The number of hydrogen-bond acceptors (Lipinski definition) is 6. The Morgan fingerprint density at radius 2 is 2.11 bits per heavy atom. The first-order valence-corrected chi connectivity index (χ1v) is 5.87. The highest BCUT2D eigenvalue weighted by molar-refractivity contribution is 5.88. The van der Waals surface area contributed by atoms with Crippen molar-refractivity contribution in [1.29, 1.82) is 0 Å². The Kier molecular flexibility index (Phi) is 2.92. The highest BCUT2D eigenvalue weighted by Crippen LogP contribution is 2.41. The molecule has 1 aliphatic heterocycles. The zero-order chi connectivity index (χ0) is 13.2. The van der Waals surface area contributed by atoms with Crippen molar-refractivity contribution in [3.05, 3.63) is 30.6 Å². The second-order valence-corrected chi connectivity index (χ2v) is 4.14. The van der Waals surface area contributed by atoms with E-state index in [1.54, 1.807) is 19.5 Å². The van der Waals surface area contributed by atoms with Crippen LogP contribution in [0.5, 0.6) is 5.75 Å². The summed E-state index contributed by atoms with van der Waals surface area (Å²) >= 11 is 0. The van der Waals surface area contributed by atoms with Crippen molar-refractivity contribution in [1.82, 2.24) is 9.97 Å². The Labute approximate surface area is 111 Å². The minimum atomic E-state index is 0.227. The number of rotatable bonds is 3. The first-order valence-electron chi connectivity index (χ1n) is 5.87. The molecule has 0 aliphatic carbocycles. The van der Waals surface area contributed by atoms with E-state index in [2.05, 4.69) is 15.3 Å². The van der Waals surface area contributed by atoms with Gasteiger partial charge in [0.05, 0.1) is 11.4 Å². The lowest BCUT2D eigenvalue weighted by atomic mass is 10.2. The summed E-state index contributed by atoms with van der Waals surface area (Å²) < 4.78 is 10.3. The zero-order valence-electron chi connectivity index (χ0n) is 10.8. The van der Waals surface area contributed by atoms with E-state index in [-0.39, 0.29) is 6.79 Å². The van der Waals surface area contributed by atoms with Gasteiger partial charge < -0.3 is 19.7 Å². The van der Waals surface area contributed by atoms with E-state index in [1.165, 1.54) is 0 Å². The molecule has 6 heteroatoms. The Bertz CT molecular complexity index is 603. The summed E-state index contributed by atoms with van der Waals surface area (Å²) in [5, 5.41) is 3.25. The number of methoxy groups -OCH3 is 1. The van der Waals surface area contributed by atoms with Crippen molar-refractivity contribution < 1.29 is 9.47 Å². The lowest BCUT2D eigenvalue weighted by Gasteiger charge is -2.28. The lowest BCUT2D eigenvalue weighted by Crippen LogP contribution is -2.19. The number of nitrogens with one attached hydrogen (secondary N) is 1. The number of benzene rings is 1. The molecule has 2 aromatic rings. The fourth-order valence-corrected chi connectivity index (χ4v) is 2.03. The molecule has 1 aromatic carbocycles. The molecule has 0 fully saturated rings. The van der Waals surface area contributed by atoms with Crippen LogP contribution in [0, 0.1) is 0 Å². The van der Waals surface area contributed by atoms with Crippen LogP contribution < -0.4 is 15.0 Å². The predicted octanol–water partition coefficient (Wildman–Crippen LogP) is 2.28. The SMILES string of the molecule is COCOc1ccc2c(c1)Nc1nccnc1N2C. The maximum Gasteiger partial charge on any atom is 0.188 e. The molecule has 19 heavy (non-hydrogen) atoms. The van der Waals surface area contributed by atoms with E-state index in [1.807, 2.05) is 30.1 Å². The smallest absolute Gasteiger partial charge is 0.188 e. The Hall–Kier alpha value is -2.34. The number of aromatic nitrogens is 2. The zero-order valence-corrected chi connectivity index (χ0v) is 10.8. The van der Waals surface area contributed by atoms with E-state index < -0.39 is 0 Å². The van der Waals surface area contributed by atoms with E-state index in [0.717, 1.165) is 28.8 Å². The van der Waals surface area contributed by atoms with Crippen molar-refractivity contribution in [2.75, 3.05) is 31.2 Å². The van der Waals surface area contributed by atoms with E-state index in [9.17, 15) is 0 Å². The van der Waals surface area contributed by atoms with Gasteiger partial charge in [-0.2, -0.15) is 0 Å². The van der Waals surface area contributed by atoms with Gasteiger partial charge in [0.15, 0.2) is 18.4 Å². The van der Waals surface area contributed by atoms with Crippen LogP contribution in [-0.4, -0.2) is 30.9 Å². The average molecular weight is 258 g/mol. The molecule has 0 radical (unpaired) electrons. The van der Waals surface area contributed by atoms with Gasteiger partial charge in [0.1, 0.15) is 5.75 Å². The molecule has 1 N–H and O–H groups in total. The third-order valence-electron chi connectivity index (χ3n) is 2.92. The summed E-state index contributed by atoms with van der Waals surface area (Å²) in [6.45, 7) is 0.227. The second-order valence-electron chi connectivity index (χ2n) is 4.14. The van der Waals surface area contributed by atoms with Crippen LogP contribution in [0.25, 0.3) is 0 Å². The number of nitrogens with zero attached hydrogens (tertiary/aromatic N) is 3. The minimum Gasteiger partial charge on any atom is -0.467 e. The second kappa shape index (κ2) is 4.74. The molecule has 0 unspecified atom stereocenters. The van der Waals surface area contributed by atoms with Gasteiger partial charge in [-0.1, -0.05) is 0 Å². The van der Waals surface area contributed by atoms with Gasteiger partial charge in [-0.15, -0.1) is 0 Å². The van der Waals surface area contributed by atoms with Crippen molar-refractivity contribution in [2.45, 2.75) is 0 Å². The molecular formula is C13H14N4O2. The normalized spacial score (nSPS) is 12.4. The van der Waals surface area contributed by atoms with Crippen LogP contribution in [0.4, 0.5) is 23.0 Å². The Morgan fingerprint density at radius 1 is 1.26 bits per heavy atom. The summed E-state index contributed by atoms with van der Waals surface area (Å²) in [7, 11) is 3.55. The monoisotopic (exact) mass is 258 g/mol. The lowest BCUT2D eigenvalue weighted by molar-refractivity contribution is 0.0512. The topological polar surface area (TPSA) is 59.5 Å². The Morgan fingerprint density at radius 3 is 2.95 bits per heavy atom. The highest BCUT2D eigenvalue weighted by atomic mass is 16.7. The maximum atomic E-state index is 5.43. The van der Waals surface area contributed by atoms with Crippen LogP contribution in [0.15, 0.2) is 30.6 Å². The summed E-state index contributed by atoms with van der Waals surface area (Å²) in [6.07, 6.45) is 3.34. The molecule has 1 aliphatic rings. The Balaban J connectivity index is 1.96. The number of anilines is 4. The van der Waals surface area contributed by atoms with Crippen LogP contribution in [0.1, 0.15) is 0 Å². The van der Waals surface area contributed by atoms with Gasteiger partial charge in [0.2, 0.25) is 0 Å². The third-order valence-corrected chi connectivity index (χ3v) is 2.92. The molecule has 0 spiro atoms. The first-order chi connectivity index (χ1) is 9.29. The van der Waals surface area contributed by atoms with E-state index >= 15 is 0 Å². The molecule has 3 rings (SSSR count). The van der Waals surface area contributed by atoms with E-state index in [4.69, 9.17) is 9.47 Å². The fraction of sp³-hybridized carbons (Fsp3) is 0.231. The molecule has 0 saturated heterocycles. The van der Waals surface area contributed by atoms with Crippen LogP contribution in [-0.2, 0) is 4.74 Å². The number of ether oxygens (including phenoxy) is 2. The van der Waals surface area contributed by atoms with Crippen LogP contribution in [0.3, 0.4) is 0 Å². The van der Waals surface area contributed by atoms with Crippen LogP contribution in [0.2, 0.25) is 0 Å². The van der Waals surface area contributed by atoms with Crippen molar-refractivity contribution in [3.63, 3.8) is 0 Å². The molecule has 0 amide bonds. The first kappa shape index (κ1) is 11.7. The summed E-state index contributed by atoms with van der Waals surface area (Å²) in [5.74, 6) is 2.29. The summed E-state index contributed by atoms with van der Waals surface area (Å²) in [5.41, 5.74) is 1.96. The molecule has 2 heterocycles. The van der Waals surface area contributed by atoms with Crippen molar-refractivity contribution >= 4 is 23.0 Å². The summed E-state index contributed by atoms with van der Waals surface area (Å²) in [6, 6.07) is 5.80. The van der Waals surface area contributed by atoms with Crippen LogP contribution >= 0.6 is 0 Å². The molecule has 0 bridgehead atoms. The standard InChI is InChI=1S/C13H14N4O2/c1-17-11-4-3-9(19-8-18-2)7-10(11)16-12-13(17)15-6-5-14-12/h3-7H,8H2,1-2H3,(H,14,16). The quantitative estimate of drug-likeness (QED) is 0.852. The van der Waals surface area contributed by atoms with Gasteiger partial charge >= 0.3 is 0 Å². The number of fused-ring (bicyclic) bond motifs is 2. The molecule has 0 atom stereocenters. The maximum absolute atomic E-state index is 5.43. The average Bonchev–Trinajstić information content (AvgIpc) is 2.45. The van der Waals surface area contributed by atoms with Gasteiger partial charge in [-0.3, -0.25) is 0 Å². The largest absolute Gasteiger partial charge is 0.467 e. The highest BCUT2D eigenvalue weighted by Gasteiger charge is 2.21. The van der Waals surface area contributed by atoms with Gasteiger partial charge in [-0.05, 0) is 12.1 Å². The molecule has 0 saturated carbocycles. The molecule has 6 nitrogen and oxygen atoms in total. The van der Waals surface area contributed by atoms with Gasteiger partial charge in [0.25, 0.3) is 0 Å². The molecule has 1 aromatic heterocycles. The fourth-order valence-electron chi connectivity index (χ4n) is 2.03. The summed E-state index contributed by atoms with van der Waals surface area (Å²) in [4.78, 5) is 10.6. The minimum absolute atomic E-state index is 0.227. The third kappa shape index (κ3) is 2.06. The molecule has 98 valence electrons. The van der Waals surface area contributed by atoms with E-state index in [0.29, 0.717) is 0 Å². The predicted molar refractivity (Wildman–Crippen MR) is 72.3 cm³/mol. The molecular weight excluding hydrogens is 244 g/mol. The van der Waals surface area contributed by atoms with Gasteiger partial charge in [-0.25, -0.2) is 9.97 Å². The number of hydrogen-bond donors (Lipinski definition) is 1.